The quantitative estimate of drug-likeness (QED) is 0.654. The summed E-state index contributed by atoms with van der Waals surface area (Å²) in [5.41, 5.74) is -1.95. The lowest BCUT2D eigenvalue weighted by Gasteiger charge is -2.13. The molecule has 0 aliphatic heterocycles. The van der Waals surface area contributed by atoms with Gasteiger partial charge in [0, 0.05) is 18.1 Å². The molecular weight excluding hydrogens is 425 g/mol. The molecule has 1 aromatic heterocycles. The van der Waals surface area contributed by atoms with Crippen LogP contribution in [0, 0.1) is 0 Å². The van der Waals surface area contributed by atoms with Gasteiger partial charge < -0.3 is 10.6 Å². The van der Waals surface area contributed by atoms with Crippen LogP contribution in [0.1, 0.15) is 16.1 Å². The SMILES string of the molecule is CNC(=O)c1nn(CC(=O)Nc2ccc(Cl)c(C(F)(F)F)c2)c(=O)c2ccccc12. The van der Waals surface area contributed by atoms with E-state index in [0.717, 1.165) is 10.7 Å². The predicted molar refractivity (Wildman–Crippen MR) is 104 cm³/mol. The van der Waals surface area contributed by atoms with Crippen molar-refractivity contribution in [3.63, 3.8) is 0 Å². The van der Waals surface area contributed by atoms with Gasteiger partial charge in [0.15, 0.2) is 5.69 Å². The maximum Gasteiger partial charge on any atom is 0.417 e. The van der Waals surface area contributed by atoms with Crippen LogP contribution in [0.2, 0.25) is 5.02 Å². The first-order valence-electron chi connectivity index (χ1n) is 8.50. The Morgan fingerprint density at radius 2 is 1.80 bits per heavy atom. The van der Waals surface area contributed by atoms with Gasteiger partial charge >= 0.3 is 6.18 Å². The molecule has 156 valence electrons. The second-order valence-electron chi connectivity index (χ2n) is 6.18. The van der Waals surface area contributed by atoms with Gasteiger partial charge in [-0.05, 0) is 24.3 Å². The number of hydrogen-bond acceptors (Lipinski definition) is 4. The summed E-state index contributed by atoms with van der Waals surface area (Å²) in [6.45, 7) is -0.613. The Morgan fingerprint density at radius 1 is 1.13 bits per heavy atom. The maximum atomic E-state index is 13.0. The van der Waals surface area contributed by atoms with Gasteiger partial charge in [-0.25, -0.2) is 4.68 Å². The molecule has 30 heavy (non-hydrogen) atoms. The van der Waals surface area contributed by atoms with Crippen LogP contribution >= 0.6 is 11.6 Å². The van der Waals surface area contributed by atoms with Gasteiger partial charge in [0.05, 0.1) is 16.0 Å². The average Bonchev–Trinajstić information content (AvgIpc) is 2.70. The van der Waals surface area contributed by atoms with E-state index in [0.29, 0.717) is 11.5 Å². The van der Waals surface area contributed by atoms with E-state index in [1.807, 2.05) is 0 Å². The molecule has 11 heteroatoms. The van der Waals surface area contributed by atoms with Crippen LogP contribution in [0.15, 0.2) is 47.3 Å². The smallest absolute Gasteiger partial charge is 0.354 e. The Labute approximate surface area is 172 Å². The number of hydrogen-bond donors (Lipinski definition) is 2. The molecule has 7 nitrogen and oxygen atoms in total. The summed E-state index contributed by atoms with van der Waals surface area (Å²) >= 11 is 5.56. The third-order valence-corrected chi connectivity index (χ3v) is 4.49. The summed E-state index contributed by atoms with van der Waals surface area (Å²) in [6, 6.07) is 9.14. The van der Waals surface area contributed by atoms with Gasteiger partial charge in [-0.2, -0.15) is 18.3 Å². The largest absolute Gasteiger partial charge is 0.417 e. The Morgan fingerprint density at radius 3 is 2.43 bits per heavy atom. The number of halogens is 4. The number of nitrogens with one attached hydrogen (secondary N) is 2. The molecule has 0 aliphatic carbocycles. The molecule has 3 aromatic rings. The predicted octanol–water partition coefficient (Wildman–Crippen LogP) is 3.07. The summed E-state index contributed by atoms with van der Waals surface area (Å²) in [5, 5.41) is 8.60. The van der Waals surface area contributed by atoms with E-state index >= 15 is 0 Å². The van der Waals surface area contributed by atoms with E-state index in [1.165, 1.54) is 19.2 Å². The molecule has 1 heterocycles. The third-order valence-electron chi connectivity index (χ3n) is 4.16. The average molecular weight is 439 g/mol. The van der Waals surface area contributed by atoms with Crippen LogP contribution in [0.3, 0.4) is 0 Å². The van der Waals surface area contributed by atoms with Crippen LogP contribution in [-0.2, 0) is 17.5 Å². The van der Waals surface area contributed by atoms with Crippen LogP contribution < -0.4 is 16.2 Å². The fraction of sp³-hybridized carbons (Fsp3) is 0.158. The highest BCUT2D eigenvalue weighted by Gasteiger charge is 2.33. The number of fused-ring (bicyclic) bond motifs is 1. The van der Waals surface area contributed by atoms with Gasteiger partial charge in [-0.1, -0.05) is 29.8 Å². The van der Waals surface area contributed by atoms with Crippen molar-refractivity contribution in [1.82, 2.24) is 15.1 Å². The molecular formula is C19H14ClF3N4O3. The molecule has 0 fully saturated rings. The van der Waals surface area contributed by atoms with Crippen molar-refractivity contribution in [1.29, 1.82) is 0 Å². The number of benzene rings is 2. The van der Waals surface area contributed by atoms with E-state index in [4.69, 9.17) is 11.6 Å². The molecule has 0 radical (unpaired) electrons. The van der Waals surface area contributed by atoms with E-state index in [1.54, 1.807) is 18.2 Å². The summed E-state index contributed by atoms with van der Waals surface area (Å²) in [6.07, 6.45) is -4.70. The van der Waals surface area contributed by atoms with Gasteiger partial charge in [0.2, 0.25) is 5.91 Å². The van der Waals surface area contributed by atoms with Gasteiger partial charge in [-0.15, -0.1) is 0 Å². The fourth-order valence-corrected chi connectivity index (χ4v) is 3.01. The van der Waals surface area contributed by atoms with Crippen molar-refractivity contribution in [2.75, 3.05) is 12.4 Å². The Hall–Kier alpha value is -3.40. The van der Waals surface area contributed by atoms with Crippen molar-refractivity contribution in [2.24, 2.45) is 0 Å². The van der Waals surface area contributed by atoms with Gasteiger partial charge in [0.1, 0.15) is 6.54 Å². The highest BCUT2D eigenvalue weighted by atomic mass is 35.5. The fourth-order valence-electron chi connectivity index (χ4n) is 2.79. The standard InChI is InChI=1S/C19H14ClF3N4O3/c1-24-17(29)16-11-4-2-3-5-12(11)18(30)27(26-16)9-15(28)25-10-6-7-14(20)13(8-10)19(21,22)23/h2-8H,9H2,1H3,(H,24,29)(H,25,28). The second-order valence-corrected chi connectivity index (χ2v) is 6.58. The number of nitrogens with zero attached hydrogens (tertiary/aromatic N) is 2. The van der Waals surface area contributed by atoms with E-state index < -0.39 is 40.7 Å². The van der Waals surface area contributed by atoms with Crippen LogP contribution in [-0.4, -0.2) is 28.6 Å². The molecule has 0 saturated carbocycles. The highest BCUT2D eigenvalue weighted by molar-refractivity contribution is 6.31. The zero-order valence-corrected chi connectivity index (χ0v) is 16.1. The van der Waals surface area contributed by atoms with E-state index in [2.05, 4.69) is 15.7 Å². The number of carbonyl (C=O) groups excluding carboxylic acids is 2. The molecule has 0 unspecified atom stereocenters. The first-order valence-corrected chi connectivity index (χ1v) is 8.88. The van der Waals surface area contributed by atoms with E-state index in [9.17, 15) is 27.6 Å². The zero-order valence-electron chi connectivity index (χ0n) is 15.4. The molecule has 2 N–H and O–H groups in total. The minimum Gasteiger partial charge on any atom is -0.354 e. The molecule has 0 bridgehead atoms. The number of carbonyl (C=O) groups is 2. The first-order chi connectivity index (χ1) is 14.1. The van der Waals surface area contributed by atoms with E-state index in [-0.39, 0.29) is 16.8 Å². The van der Waals surface area contributed by atoms with Gasteiger partial charge in [-0.3, -0.25) is 14.4 Å². The van der Waals surface area contributed by atoms with Crippen LogP contribution in [0.25, 0.3) is 10.8 Å². The van der Waals surface area contributed by atoms with Crippen molar-refractivity contribution < 1.29 is 22.8 Å². The lowest BCUT2D eigenvalue weighted by Crippen LogP contribution is -2.33. The number of rotatable bonds is 4. The molecule has 0 aliphatic rings. The van der Waals surface area contributed by atoms with Crippen LogP contribution in [0.5, 0.6) is 0 Å². The monoisotopic (exact) mass is 438 g/mol. The lowest BCUT2D eigenvalue weighted by molar-refractivity contribution is -0.137. The van der Waals surface area contributed by atoms with Crippen molar-refractivity contribution in [3.05, 3.63) is 69.1 Å². The van der Waals surface area contributed by atoms with Gasteiger partial charge in [0.25, 0.3) is 11.5 Å². The molecule has 2 amide bonds. The van der Waals surface area contributed by atoms with Crippen molar-refractivity contribution in [2.45, 2.75) is 12.7 Å². The minimum atomic E-state index is -4.70. The number of anilines is 1. The summed E-state index contributed by atoms with van der Waals surface area (Å²) in [5.74, 6) is -1.37. The Bertz CT molecular complexity index is 1210. The summed E-state index contributed by atoms with van der Waals surface area (Å²) < 4.78 is 39.7. The van der Waals surface area contributed by atoms with Crippen molar-refractivity contribution in [3.8, 4) is 0 Å². The Kier molecular flexibility index (Phi) is 5.79. The number of aromatic nitrogens is 2. The molecule has 2 aromatic carbocycles. The Balaban J connectivity index is 1.93. The number of alkyl halides is 3. The summed E-state index contributed by atoms with van der Waals surface area (Å²) in [7, 11) is 1.39. The molecule has 3 rings (SSSR count). The third kappa shape index (κ3) is 4.28. The first kappa shape index (κ1) is 21.3. The molecule has 0 saturated heterocycles. The summed E-state index contributed by atoms with van der Waals surface area (Å²) in [4.78, 5) is 37.1. The van der Waals surface area contributed by atoms with Crippen LogP contribution in [0.4, 0.5) is 18.9 Å². The maximum absolute atomic E-state index is 13.0. The molecule has 0 spiro atoms. The lowest BCUT2D eigenvalue weighted by atomic mass is 10.1. The second kappa shape index (κ2) is 8.15. The van der Waals surface area contributed by atoms with Crippen molar-refractivity contribution >= 4 is 39.9 Å². The molecule has 0 atom stereocenters. The highest BCUT2D eigenvalue weighted by Crippen LogP contribution is 2.36. The topological polar surface area (TPSA) is 93.1 Å². The minimum absolute atomic E-state index is 0.0636. The normalized spacial score (nSPS) is 11.4. The number of amides is 2. The zero-order chi connectivity index (χ0) is 22.1.